The molecule has 8 nitrogen and oxygen atoms in total. The monoisotopic (exact) mass is 410 g/mol. The Balaban J connectivity index is 1.79. The molecule has 0 saturated carbocycles. The third-order valence-electron chi connectivity index (χ3n) is 4.29. The number of H-pyrrole nitrogens is 1. The Morgan fingerprint density at radius 3 is 2.73 bits per heavy atom. The van der Waals surface area contributed by atoms with Crippen LogP contribution in [0.5, 0.6) is 11.6 Å². The van der Waals surface area contributed by atoms with Crippen molar-refractivity contribution in [2.24, 2.45) is 0 Å². The van der Waals surface area contributed by atoms with Crippen LogP contribution in [0.2, 0.25) is 0 Å². The van der Waals surface area contributed by atoms with E-state index in [2.05, 4.69) is 30.6 Å². The molecule has 10 heteroatoms. The summed E-state index contributed by atoms with van der Waals surface area (Å²) in [5.41, 5.74) is 0.537. The van der Waals surface area contributed by atoms with Crippen LogP contribution in [0.4, 0.5) is 20.4 Å². The van der Waals surface area contributed by atoms with Crippen LogP contribution in [-0.2, 0) is 0 Å². The average molecular weight is 410 g/mol. The highest BCUT2D eigenvalue weighted by Crippen LogP contribution is 2.34. The normalized spacial score (nSPS) is 10.8. The predicted octanol–water partition coefficient (Wildman–Crippen LogP) is 3.84. The van der Waals surface area contributed by atoms with Gasteiger partial charge in [0.05, 0.1) is 5.52 Å². The number of pyridine rings is 1. The number of hydrogen-bond donors (Lipinski definition) is 3. The van der Waals surface area contributed by atoms with Gasteiger partial charge in [-0.3, -0.25) is 4.79 Å². The maximum atomic E-state index is 14.9. The quantitative estimate of drug-likeness (QED) is 0.462. The number of anilines is 2. The number of ether oxygens (including phenoxy) is 1. The molecule has 4 aromatic rings. The summed E-state index contributed by atoms with van der Waals surface area (Å²) in [5.74, 6) is -2.19. The van der Waals surface area contributed by atoms with E-state index < -0.39 is 23.3 Å². The van der Waals surface area contributed by atoms with Gasteiger partial charge in [-0.2, -0.15) is 0 Å². The number of fused-ring (bicyclic) bond motifs is 1. The smallest absolute Gasteiger partial charge is 0.260 e. The third kappa shape index (κ3) is 3.50. The number of nitrogens with zero attached hydrogens (tertiary/aromatic N) is 3. The lowest BCUT2D eigenvalue weighted by molar-refractivity contribution is 0.0960. The zero-order valence-electron chi connectivity index (χ0n) is 16.0. The van der Waals surface area contributed by atoms with Gasteiger partial charge in [0.2, 0.25) is 5.88 Å². The fraction of sp³-hybridized carbons (Fsp3) is 0.100. The molecule has 0 fully saturated rings. The third-order valence-corrected chi connectivity index (χ3v) is 4.29. The molecular weight excluding hydrogens is 394 g/mol. The number of carbonyl (C=O) groups excluding carboxylic acids is 1. The Hall–Kier alpha value is -4.08. The summed E-state index contributed by atoms with van der Waals surface area (Å²) in [7, 11) is 1.42. The van der Waals surface area contributed by atoms with Crippen molar-refractivity contribution in [3.8, 4) is 11.6 Å². The molecule has 1 amide bonds. The van der Waals surface area contributed by atoms with Crippen LogP contribution in [0, 0.1) is 18.6 Å². The van der Waals surface area contributed by atoms with E-state index >= 15 is 0 Å². The van der Waals surface area contributed by atoms with Gasteiger partial charge in [-0.1, -0.05) is 6.07 Å². The molecule has 0 unspecified atom stereocenters. The molecule has 0 saturated heterocycles. The van der Waals surface area contributed by atoms with Gasteiger partial charge in [-0.15, -0.1) is 0 Å². The average Bonchev–Trinajstić information content (AvgIpc) is 3.15. The first kappa shape index (κ1) is 19.2. The summed E-state index contributed by atoms with van der Waals surface area (Å²) in [6.45, 7) is 1.68. The van der Waals surface area contributed by atoms with Crippen LogP contribution >= 0.6 is 0 Å². The molecule has 3 heterocycles. The largest absolute Gasteiger partial charge is 0.435 e. The van der Waals surface area contributed by atoms with Crippen molar-refractivity contribution >= 4 is 28.4 Å². The van der Waals surface area contributed by atoms with Crippen molar-refractivity contribution in [2.75, 3.05) is 12.4 Å². The predicted molar refractivity (Wildman–Crippen MR) is 106 cm³/mol. The number of aryl methyl sites for hydroxylation is 1. The zero-order valence-corrected chi connectivity index (χ0v) is 16.0. The van der Waals surface area contributed by atoms with E-state index in [4.69, 9.17) is 4.74 Å². The van der Waals surface area contributed by atoms with Gasteiger partial charge >= 0.3 is 0 Å². The van der Waals surface area contributed by atoms with Gasteiger partial charge in [0.15, 0.2) is 23.2 Å². The number of aromatic nitrogens is 4. The Bertz CT molecular complexity index is 1240. The number of nitrogens with one attached hydrogen (secondary N) is 3. The first-order valence-corrected chi connectivity index (χ1v) is 8.88. The summed E-state index contributed by atoms with van der Waals surface area (Å²) in [5, 5.41) is 5.39. The summed E-state index contributed by atoms with van der Waals surface area (Å²) < 4.78 is 34.9. The molecular formula is C20H16F2N6O2. The molecule has 0 aliphatic heterocycles. The minimum absolute atomic E-state index is 0.0315. The van der Waals surface area contributed by atoms with Gasteiger partial charge in [0.25, 0.3) is 5.91 Å². The molecule has 30 heavy (non-hydrogen) atoms. The first-order chi connectivity index (χ1) is 14.5. The standard InChI is InChI=1S/C20H16F2N6O2/c1-10-7-11-16(22)13(8-12(21)17(11)27-10)30-20-15(19(29)23-2)18(25-9-26-20)28-14-5-3-4-6-24-14/h3-9,27H,1-2H3,(H,23,29)(H,24,25,26,28). The molecule has 0 radical (unpaired) electrons. The molecule has 0 bridgehead atoms. The lowest BCUT2D eigenvalue weighted by Gasteiger charge is -2.14. The zero-order chi connectivity index (χ0) is 21.3. The van der Waals surface area contributed by atoms with E-state index in [1.165, 1.54) is 13.1 Å². The van der Waals surface area contributed by atoms with Crippen molar-refractivity contribution in [3.63, 3.8) is 0 Å². The van der Waals surface area contributed by atoms with E-state index in [0.29, 0.717) is 11.5 Å². The summed E-state index contributed by atoms with van der Waals surface area (Å²) >= 11 is 0. The molecule has 4 rings (SSSR count). The van der Waals surface area contributed by atoms with E-state index in [9.17, 15) is 13.6 Å². The topological polar surface area (TPSA) is 105 Å². The van der Waals surface area contributed by atoms with Crippen molar-refractivity contribution in [3.05, 3.63) is 65.7 Å². The van der Waals surface area contributed by atoms with Crippen LogP contribution < -0.4 is 15.4 Å². The van der Waals surface area contributed by atoms with Crippen molar-refractivity contribution < 1.29 is 18.3 Å². The van der Waals surface area contributed by atoms with E-state index in [1.54, 1.807) is 31.3 Å². The number of carbonyl (C=O) groups is 1. The SMILES string of the molecule is CNC(=O)c1c(Nc2ccccn2)ncnc1Oc1cc(F)c2[nH]c(C)cc2c1F. The second-order valence-electron chi connectivity index (χ2n) is 6.34. The highest BCUT2D eigenvalue weighted by Gasteiger charge is 2.23. The van der Waals surface area contributed by atoms with Crippen molar-refractivity contribution in [1.29, 1.82) is 0 Å². The van der Waals surface area contributed by atoms with Crippen LogP contribution in [0.15, 0.2) is 42.9 Å². The molecule has 0 atom stereocenters. The molecule has 0 aliphatic carbocycles. The Labute approximate surface area is 169 Å². The molecule has 0 spiro atoms. The highest BCUT2D eigenvalue weighted by molar-refractivity contribution is 6.01. The van der Waals surface area contributed by atoms with Crippen molar-refractivity contribution in [2.45, 2.75) is 6.92 Å². The number of hydrogen-bond acceptors (Lipinski definition) is 6. The van der Waals surface area contributed by atoms with Crippen LogP contribution in [0.25, 0.3) is 10.9 Å². The number of benzene rings is 1. The fourth-order valence-corrected chi connectivity index (χ4v) is 2.94. The Morgan fingerprint density at radius 2 is 2.00 bits per heavy atom. The molecule has 0 aliphatic rings. The number of halogens is 2. The van der Waals surface area contributed by atoms with Gasteiger partial charge in [-0.25, -0.2) is 23.7 Å². The van der Waals surface area contributed by atoms with E-state index in [1.807, 2.05) is 0 Å². The van der Waals surface area contributed by atoms with Gasteiger partial charge < -0.3 is 20.4 Å². The van der Waals surface area contributed by atoms with E-state index in [0.717, 1.165) is 12.4 Å². The summed E-state index contributed by atoms with van der Waals surface area (Å²) in [6, 6.07) is 7.52. The molecule has 3 aromatic heterocycles. The number of amides is 1. The van der Waals surface area contributed by atoms with Crippen LogP contribution in [-0.4, -0.2) is 32.9 Å². The minimum Gasteiger partial charge on any atom is -0.435 e. The summed E-state index contributed by atoms with van der Waals surface area (Å²) in [6.07, 6.45) is 2.70. The minimum atomic E-state index is -0.781. The fourth-order valence-electron chi connectivity index (χ4n) is 2.94. The Morgan fingerprint density at radius 1 is 1.17 bits per heavy atom. The second kappa shape index (κ2) is 7.74. The molecule has 152 valence electrons. The molecule has 3 N–H and O–H groups in total. The second-order valence-corrected chi connectivity index (χ2v) is 6.34. The number of aromatic amines is 1. The van der Waals surface area contributed by atoms with Crippen LogP contribution in [0.3, 0.4) is 0 Å². The maximum absolute atomic E-state index is 14.9. The van der Waals surface area contributed by atoms with Crippen molar-refractivity contribution in [1.82, 2.24) is 25.3 Å². The lowest BCUT2D eigenvalue weighted by atomic mass is 10.2. The Kier molecular flexibility index (Phi) is 4.97. The highest BCUT2D eigenvalue weighted by atomic mass is 19.1. The maximum Gasteiger partial charge on any atom is 0.260 e. The van der Waals surface area contributed by atoms with E-state index in [-0.39, 0.29) is 28.2 Å². The van der Waals surface area contributed by atoms with Gasteiger partial charge in [0, 0.05) is 30.4 Å². The van der Waals surface area contributed by atoms with Crippen LogP contribution in [0.1, 0.15) is 16.1 Å². The lowest BCUT2D eigenvalue weighted by Crippen LogP contribution is -2.21. The molecule has 1 aromatic carbocycles. The first-order valence-electron chi connectivity index (χ1n) is 8.88. The summed E-state index contributed by atoms with van der Waals surface area (Å²) in [4.78, 5) is 27.4. The van der Waals surface area contributed by atoms with Gasteiger partial charge in [-0.05, 0) is 25.1 Å². The van der Waals surface area contributed by atoms with Gasteiger partial charge in [0.1, 0.15) is 17.7 Å². The number of rotatable bonds is 5.